The molecule has 2 heteroatoms. The molecule has 1 aliphatic carbocycles. The van der Waals surface area contributed by atoms with Gasteiger partial charge in [0.1, 0.15) is 0 Å². The molecule has 1 aromatic heterocycles. The number of hydrogen-bond acceptors (Lipinski definition) is 1. The second-order valence-electron chi connectivity index (χ2n) is 15.3. The van der Waals surface area contributed by atoms with Crippen molar-refractivity contribution in [2.75, 3.05) is 4.90 Å². The van der Waals surface area contributed by atoms with Gasteiger partial charge in [-0.2, -0.15) is 0 Å². The Labute approximate surface area is 321 Å². The number of benzene rings is 9. The molecule has 0 N–H and O–H groups in total. The van der Waals surface area contributed by atoms with Crippen molar-refractivity contribution >= 4 is 60.4 Å². The largest absolute Gasteiger partial charge is 0.309 e. The highest BCUT2D eigenvalue weighted by molar-refractivity contribution is 6.22. The molecule has 9 aromatic carbocycles. The summed E-state index contributed by atoms with van der Waals surface area (Å²) in [5.41, 5.74) is 14.9. The topological polar surface area (TPSA) is 8.17 Å². The van der Waals surface area contributed by atoms with E-state index in [1.807, 2.05) is 0 Å². The highest BCUT2D eigenvalue weighted by atomic mass is 15.1. The van der Waals surface area contributed by atoms with E-state index in [4.69, 9.17) is 0 Å². The van der Waals surface area contributed by atoms with Crippen LogP contribution >= 0.6 is 0 Å². The molecule has 260 valence electrons. The highest BCUT2D eigenvalue weighted by Crippen LogP contribution is 2.52. The summed E-state index contributed by atoms with van der Waals surface area (Å²) in [6.07, 6.45) is 0. The molecule has 0 saturated carbocycles. The third-order valence-corrected chi connectivity index (χ3v) is 12.0. The minimum Gasteiger partial charge on any atom is -0.309 e. The Kier molecular flexibility index (Phi) is 6.93. The van der Waals surface area contributed by atoms with Crippen LogP contribution in [0, 0.1) is 0 Å². The first-order valence-electron chi connectivity index (χ1n) is 19.2. The Morgan fingerprint density at radius 3 is 1.53 bits per heavy atom. The molecule has 0 spiro atoms. The molecule has 0 saturated heterocycles. The summed E-state index contributed by atoms with van der Waals surface area (Å²) < 4.78 is 2.39. The van der Waals surface area contributed by atoms with Crippen LogP contribution in [0.4, 0.5) is 17.1 Å². The van der Waals surface area contributed by atoms with Crippen LogP contribution in [-0.2, 0) is 5.41 Å². The van der Waals surface area contributed by atoms with Crippen LogP contribution in [0.25, 0.3) is 71.3 Å². The van der Waals surface area contributed by atoms with Crippen molar-refractivity contribution in [2.45, 2.75) is 19.3 Å². The molecule has 1 heterocycles. The van der Waals surface area contributed by atoms with Gasteiger partial charge in [-0.1, -0.05) is 153 Å². The van der Waals surface area contributed by atoms with Crippen LogP contribution in [0.15, 0.2) is 194 Å². The minimum absolute atomic E-state index is 0.0804. The van der Waals surface area contributed by atoms with E-state index in [1.165, 1.54) is 82.4 Å². The predicted octanol–water partition coefficient (Wildman–Crippen LogP) is 14.5. The molecule has 0 radical (unpaired) electrons. The Morgan fingerprint density at radius 1 is 0.400 bits per heavy atom. The lowest BCUT2D eigenvalue weighted by Crippen LogP contribution is -2.15. The van der Waals surface area contributed by atoms with Crippen LogP contribution in [0.5, 0.6) is 0 Å². The summed E-state index contributed by atoms with van der Waals surface area (Å²) in [6, 6.07) is 71.3. The lowest BCUT2D eigenvalue weighted by atomic mass is 9.81. The first-order chi connectivity index (χ1) is 27.1. The van der Waals surface area contributed by atoms with Gasteiger partial charge in [0.25, 0.3) is 0 Å². The number of nitrogens with zero attached hydrogens (tertiary/aromatic N) is 2. The number of fused-ring (bicyclic) bond motifs is 8. The van der Waals surface area contributed by atoms with Gasteiger partial charge in [0, 0.05) is 44.0 Å². The fraction of sp³-hybridized carbons (Fsp3) is 0.0566. The van der Waals surface area contributed by atoms with Gasteiger partial charge in [0.05, 0.1) is 16.7 Å². The van der Waals surface area contributed by atoms with Gasteiger partial charge in [-0.15, -0.1) is 0 Å². The minimum atomic E-state index is -0.0804. The summed E-state index contributed by atoms with van der Waals surface area (Å²) in [7, 11) is 0. The van der Waals surface area contributed by atoms with Crippen LogP contribution in [0.3, 0.4) is 0 Å². The third kappa shape index (κ3) is 4.68. The average molecular weight is 703 g/mol. The van der Waals surface area contributed by atoms with Gasteiger partial charge >= 0.3 is 0 Å². The molecule has 0 aliphatic heterocycles. The quantitative estimate of drug-likeness (QED) is 0.162. The van der Waals surface area contributed by atoms with E-state index in [0.717, 1.165) is 17.1 Å². The van der Waals surface area contributed by atoms with Crippen molar-refractivity contribution in [3.05, 3.63) is 205 Å². The number of aromatic nitrogens is 1. The van der Waals surface area contributed by atoms with Crippen molar-refractivity contribution in [3.63, 3.8) is 0 Å². The predicted molar refractivity (Wildman–Crippen MR) is 233 cm³/mol. The Hall–Kier alpha value is -6.90. The fourth-order valence-electron chi connectivity index (χ4n) is 9.45. The molecule has 10 aromatic rings. The van der Waals surface area contributed by atoms with Crippen molar-refractivity contribution in [2.24, 2.45) is 0 Å². The molecule has 0 bridgehead atoms. The Balaban J connectivity index is 1.13. The van der Waals surface area contributed by atoms with Crippen LogP contribution in [-0.4, -0.2) is 4.57 Å². The van der Waals surface area contributed by atoms with Gasteiger partial charge in [0.2, 0.25) is 0 Å². The second-order valence-corrected chi connectivity index (χ2v) is 15.3. The lowest BCUT2D eigenvalue weighted by Gasteiger charge is -2.30. The monoisotopic (exact) mass is 702 g/mol. The van der Waals surface area contributed by atoms with E-state index >= 15 is 0 Å². The van der Waals surface area contributed by atoms with Gasteiger partial charge < -0.3 is 9.47 Å². The Morgan fingerprint density at radius 2 is 0.891 bits per heavy atom. The number of hydrogen-bond donors (Lipinski definition) is 0. The van der Waals surface area contributed by atoms with Crippen LogP contribution in [0.1, 0.15) is 25.0 Å². The number of para-hydroxylation sites is 3. The molecular formula is C53H38N2. The molecule has 1 aliphatic rings. The van der Waals surface area contributed by atoms with E-state index in [0.29, 0.717) is 0 Å². The fourth-order valence-corrected chi connectivity index (χ4v) is 9.45. The van der Waals surface area contributed by atoms with Gasteiger partial charge in [-0.25, -0.2) is 0 Å². The summed E-state index contributed by atoms with van der Waals surface area (Å²) in [4.78, 5) is 2.45. The number of anilines is 3. The van der Waals surface area contributed by atoms with E-state index < -0.39 is 0 Å². The maximum atomic E-state index is 2.46. The zero-order valence-electron chi connectivity index (χ0n) is 30.9. The first kappa shape index (κ1) is 31.6. The molecule has 11 rings (SSSR count). The maximum absolute atomic E-state index is 2.46. The third-order valence-electron chi connectivity index (χ3n) is 12.0. The highest BCUT2D eigenvalue weighted by Gasteiger charge is 2.35. The van der Waals surface area contributed by atoms with Gasteiger partial charge in [0.15, 0.2) is 0 Å². The molecule has 0 fully saturated rings. The van der Waals surface area contributed by atoms with E-state index in [2.05, 4.69) is 217 Å². The van der Waals surface area contributed by atoms with Crippen molar-refractivity contribution in [1.29, 1.82) is 0 Å². The second kappa shape index (κ2) is 12.1. The SMILES string of the molecule is CC1(C)c2ccccc2-c2ccc(-c3c4ccccc4c(N(c4ccccc4)c4ccc(-n5c6ccccc6c6ccccc65)cc4)c4ccccc34)cc21. The summed E-state index contributed by atoms with van der Waals surface area (Å²) >= 11 is 0. The zero-order chi connectivity index (χ0) is 36.7. The van der Waals surface area contributed by atoms with Crippen molar-refractivity contribution < 1.29 is 0 Å². The first-order valence-corrected chi connectivity index (χ1v) is 19.2. The number of rotatable bonds is 5. The molecule has 55 heavy (non-hydrogen) atoms. The van der Waals surface area contributed by atoms with E-state index in [9.17, 15) is 0 Å². The maximum Gasteiger partial charge on any atom is 0.0618 e. The summed E-state index contributed by atoms with van der Waals surface area (Å²) in [5.74, 6) is 0. The Bertz CT molecular complexity index is 3000. The van der Waals surface area contributed by atoms with E-state index in [-0.39, 0.29) is 5.41 Å². The van der Waals surface area contributed by atoms with Crippen LogP contribution in [0.2, 0.25) is 0 Å². The molecule has 0 amide bonds. The van der Waals surface area contributed by atoms with Crippen molar-refractivity contribution in [3.8, 4) is 27.9 Å². The van der Waals surface area contributed by atoms with Crippen LogP contribution < -0.4 is 4.90 Å². The smallest absolute Gasteiger partial charge is 0.0618 e. The van der Waals surface area contributed by atoms with Crippen molar-refractivity contribution in [1.82, 2.24) is 4.57 Å². The molecular weight excluding hydrogens is 665 g/mol. The molecule has 2 nitrogen and oxygen atoms in total. The molecule has 0 unspecified atom stereocenters. The van der Waals surface area contributed by atoms with E-state index in [1.54, 1.807) is 0 Å². The average Bonchev–Trinajstić information content (AvgIpc) is 3.69. The van der Waals surface area contributed by atoms with Gasteiger partial charge in [-0.3, -0.25) is 0 Å². The molecule has 0 atom stereocenters. The lowest BCUT2D eigenvalue weighted by molar-refractivity contribution is 0.660. The van der Waals surface area contributed by atoms with Gasteiger partial charge in [-0.05, 0) is 98.8 Å². The summed E-state index contributed by atoms with van der Waals surface area (Å²) in [6.45, 7) is 4.73. The summed E-state index contributed by atoms with van der Waals surface area (Å²) in [5, 5.41) is 7.45. The standard InChI is InChI=1S/C53H38N2/c1-53(2)47-25-13-10-18-39(47)40-33-28-35(34-48(40)53)51-43-21-6-8-23-45(43)52(46-24-9-7-22-44(46)51)54(36-16-4-3-5-17-36)37-29-31-38(32-30-37)55-49-26-14-11-19-41(49)42-20-12-15-27-50(42)55/h3-34H,1-2H3. The zero-order valence-corrected chi connectivity index (χ0v) is 30.9. The normalized spacial score (nSPS) is 13.1.